The quantitative estimate of drug-likeness (QED) is 0.161. The van der Waals surface area contributed by atoms with E-state index >= 15 is 0 Å². The molecule has 0 atom stereocenters. The average Bonchev–Trinajstić information content (AvgIpc) is 3.88. The van der Waals surface area contributed by atoms with Gasteiger partial charge < -0.3 is 9.13 Å². The summed E-state index contributed by atoms with van der Waals surface area (Å²) in [4.78, 5) is 10.2. The van der Waals surface area contributed by atoms with Crippen LogP contribution in [0.5, 0.6) is 0 Å². The Morgan fingerprint density at radius 2 is 0.661 bits per heavy atom. The monoisotopic (exact) mass is 790 g/mol. The fraction of sp³-hybridized carbons (Fsp3) is 0. The first-order valence-electron chi connectivity index (χ1n) is 21.1. The van der Waals surface area contributed by atoms with E-state index in [9.17, 15) is 0 Å². The third-order valence-corrected chi connectivity index (χ3v) is 12.2. The van der Waals surface area contributed by atoms with Crippen LogP contribution in [0.25, 0.3) is 111 Å². The average molecular weight is 791 g/mol. The van der Waals surface area contributed by atoms with Crippen molar-refractivity contribution >= 4 is 43.6 Å². The summed E-state index contributed by atoms with van der Waals surface area (Å²) in [6.07, 6.45) is 0. The molecule has 0 aliphatic heterocycles. The van der Waals surface area contributed by atoms with Gasteiger partial charge in [0.15, 0.2) is 5.82 Å². The van der Waals surface area contributed by atoms with Gasteiger partial charge in [-0.25, -0.2) is 9.97 Å². The van der Waals surface area contributed by atoms with Crippen LogP contribution in [-0.4, -0.2) is 19.1 Å². The number of nitrogens with zero attached hydrogens (tertiary/aromatic N) is 4. The van der Waals surface area contributed by atoms with Gasteiger partial charge in [0, 0.05) is 49.6 Å². The zero-order valence-electron chi connectivity index (χ0n) is 33.7. The predicted molar refractivity (Wildman–Crippen MR) is 258 cm³/mol. The number of hydrogen-bond donors (Lipinski definition) is 0. The maximum absolute atomic E-state index is 5.08. The van der Waals surface area contributed by atoms with Gasteiger partial charge in [0.25, 0.3) is 0 Å². The van der Waals surface area contributed by atoms with Crippen molar-refractivity contribution in [1.29, 1.82) is 0 Å². The molecule has 0 saturated heterocycles. The van der Waals surface area contributed by atoms with Crippen molar-refractivity contribution in [3.05, 3.63) is 231 Å². The summed E-state index contributed by atoms with van der Waals surface area (Å²) >= 11 is 0. The van der Waals surface area contributed by atoms with E-state index in [4.69, 9.17) is 9.97 Å². The first kappa shape index (κ1) is 35.6. The maximum atomic E-state index is 5.08. The van der Waals surface area contributed by atoms with Crippen molar-refractivity contribution in [3.63, 3.8) is 0 Å². The molecular formula is C58H38N4. The molecule has 3 aromatic heterocycles. The second-order valence-electron chi connectivity index (χ2n) is 15.8. The molecule has 0 saturated carbocycles. The van der Waals surface area contributed by atoms with Crippen molar-refractivity contribution in [2.45, 2.75) is 0 Å². The number of para-hydroxylation sites is 3. The molecule has 290 valence electrons. The predicted octanol–water partition coefficient (Wildman–Crippen LogP) is 15.0. The third kappa shape index (κ3) is 5.92. The topological polar surface area (TPSA) is 35.6 Å². The highest BCUT2D eigenvalue weighted by Gasteiger charge is 2.19. The summed E-state index contributed by atoms with van der Waals surface area (Å²) in [5.74, 6) is 0.702. The molecule has 4 heteroatoms. The maximum Gasteiger partial charge on any atom is 0.160 e. The second kappa shape index (κ2) is 14.7. The molecule has 0 N–H and O–H groups in total. The highest BCUT2D eigenvalue weighted by molar-refractivity contribution is 6.17. The van der Waals surface area contributed by atoms with Gasteiger partial charge in [-0.05, 0) is 76.9 Å². The highest BCUT2D eigenvalue weighted by atomic mass is 15.0. The summed E-state index contributed by atoms with van der Waals surface area (Å²) in [6, 6.07) is 82.1. The lowest BCUT2D eigenvalue weighted by Gasteiger charge is -2.12. The molecule has 0 aliphatic rings. The fourth-order valence-electron chi connectivity index (χ4n) is 9.33. The van der Waals surface area contributed by atoms with E-state index in [1.54, 1.807) is 0 Å². The van der Waals surface area contributed by atoms with Crippen LogP contribution < -0.4 is 0 Å². The Morgan fingerprint density at radius 3 is 1.16 bits per heavy atom. The van der Waals surface area contributed by atoms with Crippen LogP contribution in [0.4, 0.5) is 0 Å². The van der Waals surface area contributed by atoms with Crippen LogP contribution in [0.2, 0.25) is 0 Å². The minimum Gasteiger partial charge on any atom is -0.309 e. The summed E-state index contributed by atoms with van der Waals surface area (Å²) in [5, 5.41) is 4.96. The zero-order chi connectivity index (χ0) is 41.0. The van der Waals surface area contributed by atoms with Crippen molar-refractivity contribution in [2.24, 2.45) is 0 Å². The van der Waals surface area contributed by atoms with Crippen LogP contribution >= 0.6 is 0 Å². The van der Waals surface area contributed by atoms with E-state index in [1.165, 1.54) is 60.3 Å². The third-order valence-electron chi connectivity index (χ3n) is 12.2. The van der Waals surface area contributed by atoms with Gasteiger partial charge in [0.1, 0.15) is 0 Å². The molecule has 0 amide bonds. The van der Waals surface area contributed by atoms with Gasteiger partial charge in [-0.3, -0.25) is 0 Å². The molecule has 0 fully saturated rings. The van der Waals surface area contributed by atoms with Gasteiger partial charge in [-0.1, -0.05) is 176 Å². The first-order valence-corrected chi connectivity index (χ1v) is 21.1. The molecule has 9 aromatic carbocycles. The SMILES string of the molecule is c1ccc(-c2cc(-c3ccccc3)nc(-c3ccc(-c4cccc5c4c4ccccc4n5-c4ccc(-c5cccc6c5c5ccccc5n6-c5ccccc5)cc4)cc3)n2)cc1. The summed E-state index contributed by atoms with van der Waals surface area (Å²) in [5.41, 5.74) is 16.7. The summed E-state index contributed by atoms with van der Waals surface area (Å²) in [7, 11) is 0. The molecule has 12 rings (SSSR count). The number of fused-ring (bicyclic) bond motifs is 6. The van der Waals surface area contributed by atoms with Gasteiger partial charge in [0.05, 0.1) is 33.5 Å². The van der Waals surface area contributed by atoms with Gasteiger partial charge in [0.2, 0.25) is 0 Å². The van der Waals surface area contributed by atoms with Gasteiger partial charge in [-0.15, -0.1) is 0 Å². The van der Waals surface area contributed by atoms with E-state index in [2.05, 4.69) is 228 Å². The number of aromatic nitrogens is 4. The van der Waals surface area contributed by atoms with Crippen molar-refractivity contribution in [1.82, 2.24) is 19.1 Å². The van der Waals surface area contributed by atoms with E-state index in [1.807, 2.05) is 12.1 Å². The fourth-order valence-corrected chi connectivity index (χ4v) is 9.33. The minimum atomic E-state index is 0.702. The number of rotatable bonds is 7. The van der Waals surface area contributed by atoms with E-state index in [0.29, 0.717) is 5.82 Å². The summed E-state index contributed by atoms with van der Waals surface area (Å²) in [6.45, 7) is 0. The molecule has 0 aliphatic carbocycles. The summed E-state index contributed by atoms with van der Waals surface area (Å²) < 4.78 is 4.78. The number of hydrogen-bond acceptors (Lipinski definition) is 2. The molecule has 4 nitrogen and oxygen atoms in total. The molecule has 3 heterocycles. The second-order valence-corrected chi connectivity index (χ2v) is 15.8. The van der Waals surface area contributed by atoms with E-state index < -0.39 is 0 Å². The normalized spacial score (nSPS) is 11.5. The Morgan fingerprint density at radius 1 is 0.274 bits per heavy atom. The molecular weight excluding hydrogens is 753 g/mol. The van der Waals surface area contributed by atoms with Crippen LogP contribution in [0.15, 0.2) is 231 Å². The lowest BCUT2D eigenvalue weighted by molar-refractivity contribution is 1.18. The standard InChI is InChI=1S/C58H38N4/c1-4-16-41(17-5-1)50-38-51(42-18-6-2-7-19-42)60-58(59-50)43-32-30-39(31-33-43)46-24-14-29-55-56(46)49-23-11-13-27-53(49)62(55)45-36-34-40(35-37-45)47-25-15-28-54-57(47)48-22-10-12-26-52(48)61(54)44-20-8-3-9-21-44/h1-38H. The smallest absolute Gasteiger partial charge is 0.160 e. The first-order chi connectivity index (χ1) is 30.8. The Bertz CT molecular complexity index is 3530. The molecule has 0 bridgehead atoms. The van der Waals surface area contributed by atoms with E-state index in [0.717, 1.165) is 45.0 Å². The minimum absolute atomic E-state index is 0.702. The van der Waals surface area contributed by atoms with Crippen LogP contribution in [-0.2, 0) is 0 Å². The molecule has 62 heavy (non-hydrogen) atoms. The Kier molecular flexibility index (Phi) is 8.46. The zero-order valence-corrected chi connectivity index (χ0v) is 33.7. The van der Waals surface area contributed by atoms with Crippen LogP contribution in [0.3, 0.4) is 0 Å². The number of benzene rings is 9. The van der Waals surface area contributed by atoms with E-state index in [-0.39, 0.29) is 0 Å². The van der Waals surface area contributed by atoms with Crippen molar-refractivity contribution < 1.29 is 0 Å². The largest absolute Gasteiger partial charge is 0.309 e. The molecule has 12 aromatic rings. The van der Waals surface area contributed by atoms with Crippen molar-refractivity contribution in [2.75, 3.05) is 0 Å². The lowest BCUT2D eigenvalue weighted by Crippen LogP contribution is -1.96. The van der Waals surface area contributed by atoms with Crippen LogP contribution in [0.1, 0.15) is 0 Å². The van der Waals surface area contributed by atoms with Gasteiger partial charge >= 0.3 is 0 Å². The Hall–Kier alpha value is -8.34. The van der Waals surface area contributed by atoms with Crippen molar-refractivity contribution in [3.8, 4) is 67.5 Å². The lowest BCUT2D eigenvalue weighted by atomic mass is 9.98. The Balaban J connectivity index is 0.944. The molecule has 0 unspecified atom stereocenters. The van der Waals surface area contributed by atoms with Gasteiger partial charge in [-0.2, -0.15) is 0 Å². The molecule has 0 radical (unpaired) electrons. The Labute approximate surface area is 359 Å². The highest BCUT2D eigenvalue weighted by Crippen LogP contribution is 2.41. The molecule has 0 spiro atoms. The van der Waals surface area contributed by atoms with Crippen LogP contribution in [0, 0.1) is 0 Å².